The number of hydrazone groups is 1. The minimum absolute atomic E-state index is 0.179. The number of aromatic nitrogens is 1. The van der Waals surface area contributed by atoms with E-state index in [1.54, 1.807) is 0 Å². The largest absolute Gasteiger partial charge is 0.383 e. The summed E-state index contributed by atoms with van der Waals surface area (Å²) in [5.41, 5.74) is 2.87. The predicted octanol–water partition coefficient (Wildman–Crippen LogP) is 3.63. The molecule has 0 radical (unpaired) electrons. The van der Waals surface area contributed by atoms with Crippen molar-refractivity contribution in [3.05, 3.63) is 95.6 Å². The van der Waals surface area contributed by atoms with Gasteiger partial charge in [0.15, 0.2) is 0 Å². The van der Waals surface area contributed by atoms with Crippen LogP contribution >= 0.6 is 0 Å². The van der Waals surface area contributed by atoms with E-state index < -0.39 is 11.7 Å². The maximum Gasteiger partial charge on any atom is 0.262 e. The van der Waals surface area contributed by atoms with Crippen molar-refractivity contribution < 1.29 is 18.7 Å². The van der Waals surface area contributed by atoms with E-state index in [-0.39, 0.29) is 37.2 Å². The Morgan fingerprint density at radius 3 is 2.59 bits per heavy atom. The molecule has 8 heteroatoms. The fraction of sp³-hybridized carbons (Fsp3) is 0.269. The molecule has 34 heavy (non-hydrogen) atoms. The third kappa shape index (κ3) is 5.07. The van der Waals surface area contributed by atoms with Gasteiger partial charge in [0.05, 0.1) is 24.1 Å². The Morgan fingerprint density at radius 1 is 1.12 bits per heavy atom. The Hall–Kier alpha value is -3.78. The molecule has 0 fully saturated rings. The maximum absolute atomic E-state index is 13.7. The van der Waals surface area contributed by atoms with Gasteiger partial charge in [0.1, 0.15) is 12.4 Å². The molecule has 1 aromatic heterocycles. The first-order chi connectivity index (χ1) is 16.5. The van der Waals surface area contributed by atoms with Crippen molar-refractivity contribution in [3.8, 4) is 0 Å². The molecular formula is C26H27FN4O3. The van der Waals surface area contributed by atoms with Crippen molar-refractivity contribution in [2.75, 3.05) is 26.8 Å². The van der Waals surface area contributed by atoms with E-state index >= 15 is 0 Å². The van der Waals surface area contributed by atoms with Crippen molar-refractivity contribution in [1.29, 1.82) is 0 Å². The Morgan fingerprint density at radius 2 is 1.91 bits per heavy atom. The number of aryl methyl sites for hydroxylation is 1. The van der Waals surface area contributed by atoms with E-state index in [0.29, 0.717) is 6.42 Å². The van der Waals surface area contributed by atoms with Crippen LogP contribution in [0.2, 0.25) is 0 Å². The molecule has 2 aromatic carbocycles. The second-order valence-electron chi connectivity index (χ2n) is 8.15. The van der Waals surface area contributed by atoms with Gasteiger partial charge in [0.25, 0.3) is 11.8 Å². The molecule has 4 rings (SSSR count). The molecule has 3 aromatic rings. The van der Waals surface area contributed by atoms with Crippen molar-refractivity contribution in [2.24, 2.45) is 12.1 Å². The van der Waals surface area contributed by atoms with Crippen LogP contribution < -0.4 is 0 Å². The quantitative estimate of drug-likeness (QED) is 0.514. The van der Waals surface area contributed by atoms with Crippen LogP contribution in [0.3, 0.4) is 0 Å². The molecule has 7 nitrogen and oxygen atoms in total. The molecule has 0 saturated heterocycles. The van der Waals surface area contributed by atoms with Crippen LogP contribution in [0.15, 0.2) is 78.0 Å². The maximum atomic E-state index is 13.7. The summed E-state index contributed by atoms with van der Waals surface area (Å²) in [5.74, 6) is -1.27. The highest BCUT2D eigenvalue weighted by molar-refractivity contribution is 6.02. The number of methoxy groups -OCH3 is 1. The second kappa shape index (κ2) is 10.4. The predicted molar refractivity (Wildman–Crippen MR) is 127 cm³/mol. The topological polar surface area (TPSA) is 67.1 Å². The van der Waals surface area contributed by atoms with Gasteiger partial charge in [-0.15, -0.1) is 0 Å². The van der Waals surface area contributed by atoms with Crippen molar-refractivity contribution >= 4 is 17.5 Å². The van der Waals surface area contributed by atoms with E-state index in [4.69, 9.17) is 4.74 Å². The zero-order chi connectivity index (χ0) is 24.1. The third-order valence-electron chi connectivity index (χ3n) is 5.84. The Kier molecular flexibility index (Phi) is 7.18. The summed E-state index contributed by atoms with van der Waals surface area (Å²) in [6.45, 7) is 0.232. The molecule has 1 atom stereocenters. The lowest BCUT2D eigenvalue weighted by atomic mass is 10.0. The molecular weight excluding hydrogens is 435 g/mol. The highest BCUT2D eigenvalue weighted by atomic mass is 19.1. The van der Waals surface area contributed by atoms with Gasteiger partial charge in [-0.05, 0) is 35.9 Å². The lowest BCUT2D eigenvalue weighted by molar-refractivity contribution is -0.133. The van der Waals surface area contributed by atoms with E-state index in [1.807, 2.05) is 60.3 Å². The first kappa shape index (κ1) is 23.4. The van der Waals surface area contributed by atoms with E-state index in [9.17, 15) is 14.0 Å². The normalized spacial score (nSPS) is 15.3. The molecule has 0 bridgehead atoms. The van der Waals surface area contributed by atoms with Crippen LogP contribution in [0, 0.1) is 5.82 Å². The average Bonchev–Trinajstić information content (AvgIpc) is 3.48. The SMILES string of the molecule is COCCN(CC(=O)N1N=C(c2cccn2C)CC1c1ccccc1)C(=O)c1cccc(F)c1. The molecule has 0 aliphatic carbocycles. The first-order valence-corrected chi connectivity index (χ1v) is 11.1. The molecule has 1 unspecified atom stereocenters. The van der Waals surface area contributed by atoms with Crippen molar-refractivity contribution in [3.63, 3.8) is 0 Å². The molecule has 2 heterocycles. The average molecular weight is 463 g/mol. The molecule has 0 spiro atoms. The standard InChI is InChI=1S/C26H27FN4O3/c1-29-13-7-12-23(29)22-17-24(19-8-4-3-5-9-19)31(28-22)25(32)18-30(14-15-34-2)26(33)20-10-6-11-21(27)16-20/h3-13,16,24H,14-15,17-18H2,1-2H3. The zero-order valence-corrected chi connectivity index (χ0v) is 19.2. The minimum atomic E-state index is -0.510. The molecule has 0 saturated carbocycles. The second-order valence-corrected chi connectivity index (χ2v) is 8.15. The lowest BCUT2D eigenvalue weighted by Crippen LogP contribution is -2.42. The summed E-state index contributed by atoms with van der Waals surface area (Å²) >= 11 is 0. The Bertz CT molecular complexity index is 1190. The summed E-state index contributed by atoms with van der Waals surface area (Å²) in [6.07, 6.45) is 2.49. The summed E-state index contributed by atoms with van der Waals surface area (Å²) in [5, 5.41) is 6.15. The smallest absolute Gasteiger partial charge is 0.262 e. The van der Waals surface area contributed by atoms with E-state index in [0.717, 1.165) is 17.0 Å². The van der Waals surface area contributed by atoms with Gasteiger partial charge in [-0.25, -0.2) is 9.40 Å². The summed E-state index contributed by atoms with van der Waals surface area (Å²) < 4.78 is 20.8. The van der Waals surface area contributed by atoms with Gasteiger partial charge in [0, 0.05) is 38.9 Å². The van der Waals surface area contributed by atoms with Gasteiger partial charge < -0.3 is 14.2 Å². The van der Waals surface area contributed by atoms with E-state index in [1.165, 1.54) is 41.3 Å². The van der Waals surface area contributed by atoms with Gasteiger partial charge in [-0.3, -0.25) is 9.59 Å². The van der Waals surface area contributed by atoms with Crippen LogP contribution in [0.1, 0.15) is 34.1 Å². The molecule has 176 valence electrons. The number of nitrogens with zero attached hydrogens (tertiary/aromatic N) is 4. The third-order valence-corrected chi connectivity index (χ3v) is 5.84. The number of hydrogen-bond acceptors (Lipinski definition) is 4. The van der Waals surface area contributed by atoms with Crippen LogP contribution in [0.25, 0.3) is 0 Å². The van der Waals surface area contributed by atoms with Crippen molar-refractivity contribution in [1.82, 2.24) is 14.5 Å². The van der Waals surface area contributed by atoms with Gasteiger partial charge >= 0.3 is 0 Å². The van der Waals surface area contributed by atoms with Crippen LogP contribution in [0.5, 0.6) is 0 Å². The number of halogens is 1. The summed E-state index contributed by atoms with van der Waals surface area (Å²) in [6, 6.07) is 18.8. The number of amides is 2. The number of carbonyl (C=O) groups excluding carboxylic acids is 2. The van der Waals surface area contributed by atoms with Crippen LogP contribution in [0.4, 0.5) is 4.39 Å². The number of hydrogen-bond donors (Lipinski definition) is 0. The fourth-order valence-electron chi connectivity index (χ4n) is 4.08. The number of ether oxygens (including phenoxy) is 1. The molecule has 0 N–H and O–H groups in total. The Labute approximate surface area is 198 Å². The number of carbonyl (C=O) groups is 2. The monoisotopic (exact) mass is 462 g/mol. The Balaban J connectivity index is 1.61. The van der Waals surface area contributed by atoms with Gasteiger partial charge in [-0.2, -0.15) is 5.10 Å². The highest BCUT2D eigenvalue weighted by Gasteiger charge is 2.35. The minimum Gasteiger partial charge on any atom is -0.383 e. The fourth-order valence-corrected chi connectivity index (χ4v) is 4.08. The van der Waals surface area contributed by atoms with Crippen molar-refractivity contribution in [2.45, 2.75) is 12.5 Å². The number of benzene rings is 2. The molecule has 1 aliphatic rings. The van der Waals surface area contributed by atoms with E-state index in [2.05, 4.69) is 5.10 Å². The van der Waals surface area contributed by atoms with Crippen LogP contribution in [-0.2, 0) is 16.6 Å². The van der Waals surface area contributed by atoms with Gasteiger partial charge in [0.2, 0.25) is 0 Å². The lowest BCUT2D eigenvalue weighted by Gasteiger charge is -2.27. The molecule has 2 amide bonds. The van der Waals surface area contributed by atoms with Crippen LogP contribution in [-0.4, -0.2) is 58.8 Å². The first-order valence-electron chi connectivity index (χ1n) is 11.1. The highest BCUT2D eigenvalue weighted by Crippen LogP contribution is 2.33. The summed E-state index contributed by atoms with van der Waals surface area (Å²) in [7, 11) is 3.46. The summed E-state index contributed by atoms with van der Waals surface area (Å²) in [4.78, 5) is 28.0. The molecule has 1 aliphatic heterocycles. The zero-order valence-electron chi connectivity index (χ0n) is 19.2. The van der Waals surface area contributed by atoms with Gasteiger partial charge in [-0.1, -0.05) is 36.4 Å². The number of rotatable bonds is 8.